The largest absolute Gasteiger partial charge is 0.478 e. The minimum Gasteiger partial charge on any atom is -0.478 e. The Hall–Kier alpha value is -1.81. The van der Waals surface area contributed by atoms with Gasteiger partial charge >= 0.3 is 5.97 Å². The number of halogens is 1. The summed E-state index contributed by atoms with van der Waals surface area (Å²) in [4.78, 5) is 23.1. The smallest absolute Gasteiger partial charge is 0.335 e. The molecule has 0 bridgehead atoms. The van der Waals surface area contributed by atoms with E-state index >= 15 is 0 Å². The van der Waals surface area contributed by atoms with Crippen molar-refractivity contribution >= 4 is 28.5 Å². The highest BCUT2D eigenvalue weighted by atomic mass is 35.5. The van der Waals surface area contributed by atoms with Crippen molar-refractivity contribution in [1.82, 2.24) is 4.57 Å². The SMILES string of the molecule is CCCCCCn1c(=O)ccc2cc(C(=O)O)cc(Cl)c21. The molecule has 1 aromatic carbocycles. The molecule has 0 spiro atoms. The number of aromatic nitrogens is 1. The maximum Gasteiger partial charge on any atom is 0.335 e. The molecule has 1 aromatic heterocycles. The molecule has 112 valence electrons. The number of unbranched alkanes of at least 4 members (excludes halogenated alkanes) is 3. The zero-order chi connectivity index (χ0) is 15.4. The number of aromatic carboxylic acids is 1. The Morgan fingerprint density at radius 1 is 1.24 bits per heavy atom. The molecular formula is C16H18ClNO3. The summed E-state index contributed by atoms with van der Waals surface area (Å²) < 4.78 is 1.64. The molecule has 0 amide bonds. The topological polar surface area (TPSA) is 59.3 Å². The van der Waals surface area contributed by atoms with Gasteiger partial charge in [0.25, 0.3) is 5.56 Å². The molecule has 0 saturated heterocycles. The Labute approximate surface area is 128 Å². The standard InChI is InChI=1S/C16H18ClNO3/c1-2-3-4-5-8-18-14(19)7-6-11-9-12(16(20)21)10-13(17)15(11)18/h6-7,9-10H,2-5,8H2,1H3,(H,20,21). The summed E-state index contributed by atoms with van der Waals surface area (Å²) in [6.45, 7) is 2.73. The van der Waals surface area contributed by atoms with Crippen molar-refractivity contribution < 1.29 is 9.90 Å². The second-order valence-corrected chi connectivity index (χ2v) is 5.49. The van der Waals surface area contributed by atoms with Gasteiger partial charge in [-0.2, -0.15) is 0 Å². The van der Waals surface area contributed by atoms with Crippen molar-refractivity contribution in [3.63, 3.8) is 0 Å². The normalized spacial score (nSPS) is 11.0. The lowest BCUT2D eigenvalue weighted by molar-refractivity contribution is 0.0697. The molecular weight excluding hydrogens is 290 g/mol. The summed E-state index contributed by atoms with van der Waals surface area (Å²) in [6, 6.07) is 6.03. The van der Waals surface area contributed by atoms with Gasteiger partial charge in [0.05, 0.1) is 16.1 Å². The summed E-state index contributed by atoms with van der Waals surface area (Å²) >= 11 is 6.20. The van der Waals surface area contributed by atoms with E-state index in [1.165, 1.54) is 12.1 Å². The van der Waals surface area contributed by atoms with Gasteiger partial charge in [-0.05, 0) is 24.6 Å². The van der Waals surface area contributed by atoms with Crippen LogP contribution in [0, 0.1) is 0 Å². The first-order chi connectivity index (χ1) is 10.0. The van der Waals surface area contributed by atoms with Crippen molar-refractivity contribution in [2.75, 3.05) is 0 Å². The number of rotatable bonds is 6. The maximum atomic E-state index is 12.1. The van der Waals surface area contributed by atoms with E-state index in [-0.39, 0.29) is 11.1 Å². The average molecular weight is 308 g/mol. The van der Waals surface area contributed by atoms with E-state index in [1.54, 1.807) is 16.7 Å². The Balaban J connectivity index is 2.46. The molecule has 0 fully saturated rings. The lowest BCUT2D eigenvalue weighted by atomic mass is 10.1. The van der Waals surface area contributed by atoms with Crippen LogP contribution < -0.4 is 5.56 Å². The zero-order valence-corrected chi connectivity index (χ0v) is 12.7. The van der Waals surface area contributed by atoms with Gasteiger partial charge < -0.3 is 9.67 Å². The van der Waals surface area contributed by atoms with Crippen LogP contribution in [-0.4, -0.2) is 15.6 Å². The van der Waals surface area contributed by atoms with Crippen molar-refractivity contribution in [3.8, 4) is 0 Å². The van der Waals surface area contributed by atoms with Crippen LogP contribution in [0.3, 0.4) is 0 Å². The molecule has 0 saturated carbocycles. The first-order valence-electron chi connectivity index (χ1n) is 7.11. The van der Waals surface area contributed by atoms with E-state index in [0.29, 0.717) is 22.5 Å². The monoisotopic (exact) mass is 307 g/mol. The molecule has 0 aliphatic heterocycles. The summed E-state index contributed by atoms with van der Waals surface area (Å²) in [5.74, 6) is -1.03. The first-order valence-corrected chi connectivity index (χ1v) is 7.48. The van der Waals surface area contributed by atoms with E-state index < -0.39 is 5.97 Å². The number of carboxylic acid groups (broad SMARTS) is 1. The van der Waals surface area contributed by atoms with E-state index in [2.05, 4.69) is 6.92 Å². The molecule has 0 unspecified atom stereocenters. The van der Waals surface area contributed by atoms with Gasteiger partial charge in [-0.1, -0.05) is 37.8 Å². The van der Waals surface area contributed by atoms with Crippen molar-refractivity contribution in [2.45, 2.75) is 39.2 Å². The number of hydrogen-bond donors (Lipinski definition) is 1. The van der Waals surface area contributed by atoms with Crippen LogP contribution in [0.25, 0.3) is 10.9 Å². The first kappa shape index (κ1) is 15.6. The molecule has 1 N–H and O–H groups in total. The number of nitrogens with zero attached hydrogens (tertiary/aromatic N) is 1. The molecule has 0 atom stereocenters. The molecule has 4 nitrogen and oxygen atoms in total. The number of hydrogen-bond acceptors (Lipinski definition) is 2. The van der Waals surface area contributed by atoms with Crippen LogP contribution in [0.1, 0.15) is 43.0 Å². The van der Waals surface area contributed by atoms with Crippen LogP contribution in [0.2, 0.25) is 5.02 Å². The quantitative estimate of drug-likeness (QED) is 0.822. The van der Waals surface area contributed by atoms with E-state index in [0.717, 1.165) is 25.7 Å². The van der Waals surface area contributed by atoms with Gasteiger partial charge in [0.1, 0.15) is 0 Å². The van der Waals surface area contributed by atoms with Crippen molar-refractivity contribution in [3.05, 3.63) is 45.2 Å². The number of pyridine rings is 1. The average Bonchev–Trinajstić information content (AvgIpc) is 2.45. The summed E-state index contributed by atoms with van der Waals surface area (Å²) in [6.07, 6.45) is 4.23. The number of carboxylic acids is 1. The summed E-state index contributed by atoms with van der Waals surface area (Å²) in [5, 5.41) is 10.0. The fraction of sp³-hybridized carbons (Fsp3) is 0.375. The van der Waals surface area contributed by atoms with Crippen LogP contribution >= 0.6 is 11.6 Å². The van der Waals surface area contributed by atoms with Crippen molar-refractivity contribution in [1.29, 1.82) is 0 Å². The fourth-order valence-corrected chi connectivity index (χ4v) is 2.76. The van der Waals surface area contributed by atoms with Gasteiger partial charge in [0.2, 0.25) is 0 Å². The number of aryl methyl sites for hydroxylation is 1. The lowest BCUT2D eigenvalue weighted by Crippen LogP contribution is -2.20. The highest BCUT2D eigenvalue weighted by Crippen LogP contribution is 2.25. The molecule has 5 heteroatoms. The third-order valence-electron chi connectivity index (χ3n) is 3.52. The molecule has 0 aliphatic rings. The molecule has 1 heterocycles. The molecule has 0 radical (unpaired) electrons. The Bertz CT molecular complexity index is 721. The van der Waals surface area contributed by atoms with Crippen LogP contribution in [-0.2, 0) is 6.54 Å². The number of fused-ring (bicyclic) bond motifs is 1. The minimum atomic E-state index is -1.03. The molecule has 2 rings (SSSR count). The van der Waals surface area contributed by atoms with E-state index in [9.17, 15) is 9.59 Å². The second-order valence-electron chi connectivity index (χ2n) is 5.08. The van der Waals surface area contributed by atoms with Crippen molar-refractivity contribution in [2.24, 2.45) is 0 Å². The highest BCUT2D eigenvalue weighted by molar-refractivity contribution is 6.35. The summed E-state index contributed by atoms with van der Waals surface area (Å²) in [5.41, 5.74) is 0.637. The van der Waals surface area contributed by atoms with Gasteiger partial charge in [0, 0.05) is 18.0 Å². The fourth-order valence-electron chi connectivity index (χ4n) is 2.44. The Morgan fingerprint density at radius 3 is 2.67 bits per heavy atom. The van der Waals surface area contributed by atoms with Crippen LogP contribution in [0.4, 0.5) is 0 Å². The predicted octanol–water partition coefficient (Wildman–Crippen LogP) is 3.93. The van der Waals surface area contributed by atoms with Gasteiger partial charge in [-0.25, -0.2) is 4.79 Å². The number of carbonyl (C=O) groups is 1. The highest BCUT2D eigenvalue weighted by Gasteiger charge is 2.11. The zero-order valence-electron chi connectivity index (χ0n) is 11.9. The third-order valence-corrected chi connectivity index (χ3v) is 3.80. The maximum absolute atomic E-state index is 12.1. The lowest BCUT2D eigenvalue weighted by Gasteiger charge is -2.12. The van der Waals surface area contributed by atoms with Gasteiger partial charge in [0.15, 0.2) is 0 Å². The molecule has 21 heavy (non-hydrogen) atoms. The minimum absolute atomic E-state index is 0.107. The van der Waals surface area contributed by atoms with Crippen LogP contribution in [0.5, 0.6) is 0 Å². The Morgan fingerprint density at radius 2 is 2.00 bits per heavy atom. The molecule has 2 aromatic rings. The number of benzene rings is 1. The Kier molecular flexibility index (Phi) is 5.02. The van der Waals surface area contributed by atoms with Crippen LogP contribution in [0.15, 0.2) is 29.1 Å². The summed E-state index contributed by atoms with van der Waals surface area (Å²) in [7, 11) is 0. The van der Waals surface area contributed by atoms with E-state index in [4.69, 9.17) is 16.7 Å². The second kappa shape index (κ2) is 6.76. The third kappa shape index (κ3) is 3.45. The van der Waals surface area contributed by atoms with E-state index in [1.807, 2.05) is 0 Å². The predicted molar refractivity (Wildman–Crippen MR) is 84.3 cm³/mol. The van der Waals surface area contributed by atoms with Gasteiger partial charge in [-0.15, -0.1) is 0 Å². The van der Waals surface area contributed by atoms with Gasteiger partial charge in [-0.3, -0.25) is 4.79 Å². The molecule has 0 aliphatic carbocycles.